The Hall–Kier alpha value is -0.760. The van der Waals surface area contributed by atoms with Crippen LogP contribution in [0.25, 0.3) is 0 Å². The number of furan rings is 1. The molecule has 2 rings (SSSR count). The average Bonchev–Trinajstić information content (AvgIpc) is 2.69. The van der Waals surface area contributed by atoms with E-state index in [0.717, 1.165) is 24.3 Å². The van der Waals surface area contributed by atoms with Crippen LogP contribution in [-0.2, 0) is 6.54 Å². The zero-order chi connectivity index (χ0) is 9.80. The van der Waals surface area contributed by atoms with Crippen molar-refractivity contribution in [3.05, 3.63) is 24.2 Å². The van der Waals surface area contributed by atoms with Crippen LogP contribution < -0.4 is 5.32 Å². The zero-order valence-corrected chi connectivity index (χ0v) is 8.91. The second-order valence-corrected chi connectivity index (χ2v) is 4.44. The van der Waals surface area contributed by atoms with E-state index >= 15 is 0 Å². The van der Waals surface area contributed by atoms with Gasteiger partial charge in [-0.3, -0.25) is 0 Å². The van der Waals surface area contributed by atoms with Gasteiger partial charge in [0.25, 0.3) is 0 Å². The Kier molecular flexibility index (Phi) is 3.25. The lowest BCUT2D eigenvalue weighted by molar-refractivity contribution is -0.714. The summed E-state index contributed by atoms with van der Waals surface area (Å²) in [5, 5.41) is 2.45. The first-order valence-electron chi connectivity index (χ1n) is 5.72. The van der Waals surface area contributed by atoms with Gasteiger partial charge in [0.2, 0.25) is 0 Å². The molecule has 0 aliphatic heterocycles. The fourth-order valence-corrected chi connectivity index (χ4v) is 2.39. The molecule has 78 valence electrons. The van der Waals surface area contributed by atoms with E-state index in [0.29, 0.717) is 0 Å². The van der Waals surface area contributed by atoms with Crippen molar-refractivity contribution in [2.24, 2.45) is 5.92 Å². The van der Waals surface area contributed by atoms with E-state index in [2.05, 4.69) is 18.3 Å². The lowest BCUT2D eigenvalue weighted by Gasteiger charge is -2.26. The predicted octanol–water partition coefficient (Wildman–Crippen LogP) is 1.92. The smallest absolute Gasteiger partial charge is 0.157 e. The fourth-order valence-electron chi connectivity index (χ4n) is 2.39. The van der Waals surface area contributed by atoms with Crippen molar-refractivity contribution in [1.29, 1.82) is 0 Å². The lowest BCUT2D eigenvalue weighted by Crippen LogP contribution is -2.90. The fraction of sp³-hybridized carbons (Fsp3) is 0.667. The van der Waals surface area contributed by atoms with Crippen LogP contribution in [0.15, 0.2) is 22.8 Å². The first-order chi connectivity index (χ1) is 6.86. The van der Waals surface area contributed by atoms with Gasteiger partial charge in [0, 0.05) is 5.92 Å². The van der Waals surface area contributed by atoms with E-state index < -0.39 is 0 Å². The van der Waals surface area contributed by atoms with Crippen molar-refractivity contribution < 1.29 is 9.73 Å². The molecule has 1 aliphatic carbocycles. The second kappa shape index (κ2) is 4.65. The van der Waals surface area contributed by atoms with Gasteiger partial charge in [0.05, 0.1) is 12.3 Å². The van der Waals surface area contributed by atoms with Crippen LogP contribution in [0.3, 0.4) is 0 Å². The molecule has 1 saturated carbocycles. The maximum absolute atomic E-state index is 5.33. The maximum atomic E-state index is 5.33. The molecule has 1 aromatic heterocycles. The highest BCUT2D eigenvalue weighted by Crippen LogP contribution is 2.21. The Labute approximate surface area is 85.7 Å². The third-order valence-electron chi connectivity index (χ3n) is 3.38. The molecule has 2 nitrogen and oxygen atoms in total. The summed E-state index contributed by atoms with van der Waals surface area (Å²) in [5.41, 5.74) is 0. The van der Waals surface area contributed by atoms with Gasteiger partial charge in [0.1, 0.15) is 6.54 Å². The minimum Gasteiger partial charge on any atom is -0.463 e. The molecule has 2 atom stereocenters. The standard InChI is InChI=1S/C12H19NO/c1-10-5-2-3-7-12(10)13-9-11-6-4-8-14-11/h4,6,8,10,12-13H,2-3,5,7,9H2,1H3/p+1/t10-,12+/m1/s1. The first-order valence-corrected chi connectivity index (χ1v) is 5.72. The number of hydrogen-bond acceptors (Lipinski definition) is 1. The number of hydrogen-bond donors (Lipinski definition) is 1. The Bertz CT molecular complexity index is 255. The summed E-state index contributed by atoms with van der Waals surface area (Å²) < 4.78 is 5.33. The molecular formula is C12H20NO+. The molecule has 14 heavy (non-hydrogen) atoms. The van der Waals surface area contributed by atoms with Gasteiger partial charge in [-0.25, -0.2) is 0 Å². The van der Waals surface area contributed by atoms with Crippen LogP contribution in [-0.4, -0.2) is 6.04 Å². The number of quaternary nitrogens is 1. The van der Waals surface area contributed by atoms with Crippen molar-refractivity contribution >= 4 is 0 Å². The van der Waals surface area contributed by atoms with Gasteiger partial charge in [-0.1, -0.05) is 13.3 Å². The summed E-state index contributed by atoms with van der Waals surface area (Å²) in [7, 11) is 0. The summed E-state index contributed by atoms with van der Waals surface area (Å²) in [4.78, 5) is 0. The van der Waals surface area contributed by atoms with Gasteiger partial charge in [-0.2, -0.15) is 0 Å². The Morgan fingerprint density at radius 2 is 2.29 bits per heavy atom. The highest BCUT2D eigenvalue weighted by molar-refractivity contribution is 4.95. The molecule has 1 aliphatic rings. The van der Waals surface area contributed by atoms with Crippen molar-refractivity contribution in [1.82, 2.24) is 0 Å². The third-order valence-corrected chi connectivity index (χ3v) is 3.38. The molecule has 2 N–H and O–H groups in total. The molecular weight excluding hydrogens is 174 g/mol. The van der Waals surface area contributed by atoms with Gasteiger partial charge in [-0.15, -0.1) is 0 Å². The van der Waals surface area contributed by atoms with Gasteiger partial charge in [-0.05, 0) is 31.4 Å². The average molecular weight is 194 g/mol. The Balaban J connectivity index is 1.79. The number of nitrogens with two attached hydrogens (primary N) is 1. The minimum atomic E-state index is 0.814. The SMILES string of the molecule is C[C@@H]1CCCC[C@@H]1[NH2+]Cc1ccco1. The van der Waals surface area contributed by atoms with Gasteiger partial charge >= 0.3 is 0 Å². The highest BCUT2D eigenvalue weighted by atomic mass is 16.3. The third kappa shape index (κ3) is 2.38. The van der Waals surface area contributed by atoms with Gasteiger partial charge in [0.15, 0.2) is 5.76 Å². The molecule has 0 unspecified atom stereocenters. The summed E-state index contributed by atoms with van der Waals surface area (Å²) in [6, 6.07) is 4.84. The summed E-state index contributed by atoms with van der Waals surface area (Å²) in [6.45, 7) is 3.38. The van der Waals surface area contributed by atoms with E-state index in [1.807, 2.05) is 6.07 Å². The molecule has 0 saturated heterocycles. The van der Waals surface area contributed by atoms with E-state index in [1.165, 1.54) is 25.7 Å². The lowest BCUT2D eigenvalue weighted by atomic mass is 9.86. The van der Waals surface area contributed by atoms with E-state index in [4.69, 9.17) is 4.42 Å². The molecule has 0 radical (unpaired) electrons. The molecule has 2 heteroatoms. The van der Waals surface area contributed by atoms with Crippen LogP contribution in [0.4, 0.5) is 0 Å². The molecule has 0 amide bonds. The van der Waals surface area contributed by atoms with Crippen LogP contribution in [0, 0.1) is 5.92 Å². The summed E-state index contributed by atoms with van der Waals surface area (Å²) in [6.07, 6.45) is 7.37. The van der Waals surface area contributed by atoms with Crippen LogP contribution in [0.5, 0.6) is 0 Å². The number of rotatable bonds is 3. The molecule has 0 bridgehead atoms. The highest BCUT2D eigenvalue weighted by Gasteiger charge is 2.23. The van der Waals surface area contributed by atoms with E-state index in [9.17, 15) is 0 Å². The molecule has 1 fully saturated rings. The predicted molar refractivity (Wildman–Crippen MR) is 55.8 cm³/mol. The quantitative estimate of drug-likeness (QED) is 0.782. The van der Waals surface area contributed by atoms with E-state index in [-0.39, 0.29) is 0 Å². The Morgan fingerprint density at radius 3 is 3.00 bits per heavy atom. The van der Waals surface area contributed by atoms with Crippen molar-refractivity contribution in [2.45, 2.75) is 45.2 Å². The molecule has 1 heterocycles. The molecule has 0 spiro atoms. The second-order valence-electron chi connectivity index (χ2n) is 4.44. The zero-order valence-electron chi connectivity index (χ0n) is 8.91. The minimum absolute atomic E-state index is 0.814. The van der Waals surface area contributed by atoms with Crippen molar-refractivity contribution in [3.8, 4) is 0 Å². The Morgan fingerprint density at radius 1 is 1.43 bits per heavy atom. The van der Waals surface area contributed by atoms with Crippen LogP contribution in [0.2, 0.25) is 0 Å². The van der Waals surface area contributed by atoms with Crippen LogP contribution >= 0.6 is 0 Å². The normalized spacial score (nSPS) is 27.8. The topological polar surface area (TPSA) is 29.8 Å². The van der Waals surface area contributed by atoms with Crippen molar-refractivity contribution in [3.63, 3.8) is 0 Å². The monoisotopic (exact) mass is 194 g/mol. The van der Waals surface area contributed by atoms with Gasteiger partial charge < -0.3 is 9.73 Å². The molecule has 0 aromatic carbocycles. The first kappa shape index (κ1) is 9.78. The van der Waals surface area contributed by atoms with E-state index in [1.54, 1.807) is 6.26 Å². The summed E-state index contributed by atoms with van der Waals surface area (Å²) >= 11 is 0. The molecule has 1 aromatic rings. The maximum Gasteiger partial charge on any atom is 0.157 e. The summed E-state index contributed by atoms with van der Waals surface area (Å²) in [5.74, 6) is 1.97. The largest absolute Gasteiger partial charge is 0.463 e. The van der Waals surface area contributed by atoms with Crippen LogP contribution in [0.1, 0.15) is 38.4 Å². The van der Waals surface area contributed by atoms with Crippen molar-refractivity contribution in [2.75, 3.05) is 0 Å².